The summed E-state index contributed by atoms with van der Waals surface area (Å²) in [7, 11) is 0. The quantitative estimate of drug-likeness (QED) is 0.717. The maximum Gasteiger partial charge on any atom is 0.313 e. The maximum absolute atomic E-state index is 12.1. The third-order valence-corrected chi connectivity index (χ3v) is 4.67. The minimum atomic E-state index is -0.691. The molecule has 0 saturated heterocycles. The van der Waals surface area contributed by atoms with E-state index in [9.17, 15) is 9.59 Å². The van der Waals surface area contributed by atoms with E-state index in [1.165, 1.54) is 17.5 Å². The van der Waals surface area contributed by atoms with Gasteiger partial charge in [0.05, 0.1) is 17.4 Å². The molecule has 2 N–H and O–H groups in total. The number of nitrogens with one attached hydrogen (secondary N) is 2. The first kappa shape index (κ1) is 16.3. The molecule has 3 aromatic rings. The summed E-state index contributed by atoms with van der Waals surface area (Å²) in [5, 5.41) is 6.18. The fourth-order valence-corrected chi connectivity index (χ4v) is 3.33. The van der Waals surface area contributed by atoms with Gasteiger partial charge in [0.2, 0.25) is 0 Å². The number of carbonyl (C=O) groups excluding carboxylic acids is 2. The number of fused-ring (bicyclic) bond motifs is 2. The molecule has 0 saturated carbocycles. The fraction of sp³-hybridized carbons (Fsp3) is 0.190. The molecule has 0 aliphatic heterocycles. The van der Waals surface area contributed by atoms with Crippen molar-refractivity contribution in [2.45, 2.75) is 25.8 Å². The van der Waals surface area contributed by atoms with Gasteiger partial charge in [0.15, 0.2) is 0 Å². The Bertz CT molecular complexity index is 997. The summed E-state index contributed by atoms with van der Waals surface area (Å²) in [5.74, 6) is -1.35. The summed E-state index contributed by atoms with van der Waals surface area (Å²) >= 11 is 0. The van der Waals surface area contributed by atoms with Crippen LogP contribution in [0, 0.1) is 0 Å². The molecule has 1 heterocycles. The lowest BCUT2D eigenvalue weighted by atomic mass is 10.1. The summed E-state index contributed by atoms with van der Waals surface area (Å²) in [6.07, 6.45) is 4.96. The van der Waals surface area contributed by atoms with Gasteiger partial charge in [-0.1, -0.05) is 36.4 Å². The van der Waals surface area contributed by atoms with Gasteiger partial charge < -0.3 is 10.6 Å². The summed E-state index contributed by atoms with van der Waals surface area (Å²) in [6.45, 7) is 0.343. The zero-order chi connectivity index (χ0) is 17.9. The second-order valence-electron chi connectivity index (χ2n) is 6.51. The predicted octanol–water partition coefficient (Wildman–Crippen LogP) is 2.98. The third kappa shape index (κ3) is 3.42. The van der Waals surface area contributed by atoms with Gasteiger partial charge >= 0.3 is 11.8 Å². The van der Waals surface area contributed by atoms with Crippen molar-refractivity contribution in [1.29, 1.82) is 0 Å². The standard InChI is InChI=1S/C21H19N3O2/c25-20(23-12-14-8-9-15-5-3-6-16(15)10-14)21(26)24-18-11-17-4-1-2-7-19(17)22-13-18/h1-2,4,7-11,13H,3,5-6,12H2,(H,23,25)(H,24,26). The highest BCUT2D eigenvalue weighted by Crippen LogP contribution is 2.22. The van der Waals surface area contributed by atoms with Crippen molar-refractivity contribution in [3.8, 4) is 0 Å². The zero-order valence-corrected chi connectivity index (χ0v) is 14.3. The molecule has 2 amide bonds. The van der Waals surface area contributed by atoms with Crippen LogP contribution in [0.5, 0.6) is 0 Å². The average Bonchev–Trinajstić information content (AvgIpc) is 3.13. The Morgan fingerprint density at radius 1 is 0.962 bits per heavy atom. The number of hydrogen-bond acceptors (Lipinski definition) is 3. The van der Waals surface area contributed by atoms with E-state index in [1.807, 2.05) is 30.3 Å². The number of hydrogen-bond donors (Lipinski definition) is 2. The molecule has 0 unspecified atom stereocenters. The molecular weight excluding hydrogens is 326 g/mol. The molecule has 1 aliphatic carbocycles. The predicted molar refractivity (Wildman–Crippen MR) is 101 cm³/mol. The lowest BCUT2D eigenvalue weighted by Crippen LogP contribution is -2.35. The number of para-hydroxylation sites is 1. The van der Waals surface area contributed by atoms with Crippen molar-refractivity contribution in [1.82, 2.24) is 10.3 Å². The van der Waals surface area contributed by atoms with E-state index in [4.69, 9.17) is 0 Å². The number of benzene rings is 2. The highest BCUT2D eigenvalue weighted by Gasteiger charge is 2.15. The van der Waals surface area contributed by atoms with Gasteiger partial charge in [-0.3, -0.25) is 14.6 Å². The number of anilines is 1. The van der Waals surface area contributed by atoms with Crippen LogP contribution in [0.1, 0.15) is 23.1 Å². The molecule has 0 atom stereocenters. The van der Waals surface area contributed by atoms with E-state index in [1.54, 1.807) is 12.3 Å². The Labute approximate surface area is 151 Å². The van der Waals surface area contributed by atoms with E-state index >= 15 is 0 Å². The van der Waals surface area contributed by atoms with Crippen molar-refractivity contribution >= 4 is 28.4 Å². The van der Waals surface area contributed by atoms with Crippen molar-refractivity contribution in [2.24, 2.45) is 0 Å². The SMILES string of the molecule is O=C(NCc1ccc2c(c1)CCC2)C(=O)Nc1cnc2ccccc2c1. The molecule has 1 aliphatic rings. The van der Waals surface area contributed by atoms with Gasteiger partial charge in [-0.25, -0.2) is 0 Å². The van der Waals surface area contributed by atoms with E-state index in [-0.39, 0.29) is 0 Å². The second-order valence-corrected chi connectivity index (χ2v) is 6.51. The van der Waals surface area contributed by atoms with E-state index in [0.29, 0.717) is 12.2 Å². The van der Waals surface area contributed by atoms with E-state index in [0.717, 1.165) is 29.3 Å². The van der Waals surface area contributed by atoms with Gasteiger partial charge in [0.1, 0.15) is 0 Å². The summed E-state index contributed by atoms with van der Waals surface area (Å²) in [4.78, 5) is 28.5. The Morgan fingerprint density at radius 2 is 1.81 bits per heavy atom. The highest BCUT2D eigenvalue weighted by atomic mass is 16.2. The van der Waals surface area contributed by atoms with E-state index < -0.39 is 11.8 Å². The van der Waals surface area contributed by atoms with Crippen LogP contribution in [0.4, 0.5) is 5.69 Å². The summed E-state index contributed by atoms with van der Waals surface area (Å²) in [5.41, 5.74) is 5.09. The minimum absolute atomic E-state index is 0.343. The number of nitrogens with zero attached hydrogens (tertiary/aromatic N) is 1. The Balaban J connectivity index is 1.37. The summed E-state index contributed by atoms with van der Waals surface area (Å²) in [6, 6.07) is 15.6. The molecule has 26 heavy (non-hydrogen) atoms. The average molecular weight is 345 g/mol. The number of rotatable bonds is 3. The van der Waals surface area contributed by atoms with Crippen LogP contribution in [0.25, 0.3) is 10.9 Å². The monoisotopic (exact) mass is 345 g/mol. The largest absolute Gasteiger partial charge is 0.344 e. The van der Waals surface area contributed by atoms with Crippen molar-refractivity contribution in [3.05, 3.63) is 71.4 Å². The Kier molecular flexibility index (Phi) is 4.35. The number of aromatic nitrogens is 1. The van der Waals surface area contributed by atoms with Crippen LogP contribution >= 0.6 is 0 Å². The third-order valence-electron chi connectivity index (χ3n) is 4.67. The highest BCUT2D eigenvalue weighted by molar-refractivity contribution is 6.39. The molecule has 5 nitrogen and oxygen atoms in total. The van der Waals surface area contributed by atoms with Gasteiger partial charge in [-0.15, -0.1) is 0 Å². The summed E-state index contributed by atoms with van der Waals surface area (Å²) < 4.78 is 0. The number of pyridine rings is 1. The van der Waals surface area contributed by atoms with E-state index in [2.05, 4.69) is 27.8 Å². The van der Waals surface area contributed by atoms with Crippen LogP contribution in [-0.4, -0.2) is 16.8 Å². The van der Waals surface area contributed by atoms with Crippen LogP contribution < -0.4 is 10.6 Å². The number of amides is 2. The van der Waals surface area contributed by atoms with Crippen LogP contribution in [-0.2, 0) is 29.0 Å². The van der Waals surface area contributed by atoms with Crippen LogP contribution in [0.15, 0.2) is 54.7 Å². The first-order chi connectivity index (χ1) is 12.7. The van der Waals surface area contributed by atoms with Crippen LogP contribution in [0.2, 0.25) is 0 Å². The first-order valence-electron chi connectivity index (χ1n) is 8.74. The van der Waals surface area contributed by atoms with Gasteiger partial charge in [0.25, 0.3) is 0 Å². The van der Waals surface area contributed by atoms with Gasteiger partial charge in [0, 0.05) is 11.9 Å². The van der Waals surface area contributed by atoms with Gasteiger partial charge in [-0.05, 0) is 48.1 Å². The molecule has 130 valence electrons. The number of aryl methyl sites for hydroxylation is 2. The first-order valence-corrected chi connectivity index (χ1v) is 8.74. The molecule has 0 bridgehead atoms. The molecule has 0 spiro atoms. The van der Waals surface area contributed by atoms with Crippen molar-refractivity contribution < 1.29 is 9.59 Å². The molecule has 2 aromatic carbocycles. The topological polar surface area (TPSA) is 71.1 Å². The van der Waals surface area contributed by atoms with Crippen molar-refractivity contribution in [2.75, 3.05) is 5.32 Å². The second kappa shape index (κ2) is 6.96. The maximum atomic E-state index is 12.1. The molecule has 1 aromatic heterocycles. The molecule has 0 radical (unpaired) electrons. The normalized spacial score (nSPS) is 12.6. The van der Waals surface area contributed by atoms with Gasteiger partial charge in [-0.2, -0.15) is 0 Å². The molecule has 0 fully saturated rings. The Hall–Kier alpha value is -3.21. The smallest absolute Gasteiger partial charge is 0.313 e. The fourth-order valence-electron chi connectivity index (χ4n) is 3.33. The molecular formula is C21H19N3O2. The lowest BCUT2D eigenvalue weighted by Gasteiger charge is -2.08. The molecule has 4 rings (SSSR count). The minimum Gasteiger partial charge on any atom is -0.344 e. The number of carbonyl (C=O) groups is 2. The molecule has 5 heteroatoms. The van der Waals surface area contributed by atoms with Crippen LogP contribution in [0.3, 0.4) is 0 Å². The lowest BCUT2D eigenvalue weighted by molar-refractivity contribution is -0.136. The van der Waals surface area contributed by atoms with Crippen molar-refractivity contribution in [3.63, 3.8) is 0 Å². The zero-order valence-electron chi connectivity index (χ0n) is 14.3. The Morgan fingerprint density at radius 3 is 2.73 bits per heavy atom.